The number of ether oxygens (including phenoxy) is 12. The summed E-state index contributed by atoms with van der Waals surface area (Å²) in [6.07, 6.45) is 0. The maximum Gasteiger partial charge on any atom is 0.244 e. The molecule has 0 aromatic heterocycles. The Kier molecular flexibility index (Phi) is 21.9. The molecule has 0 amide bonds. The predicted molar refractivity (Wildman–Crippen MR) is 364 cm³/mol. The van der Waals surface area contributed by atoms with Crippen molar-refractivity contribution in [3.05, 3.63) is 48.5 Å². The molecule has 0 N–H and O–H groups in total. The van der Waals surface area contributed by atoms with E-state index in [4.69, 9.17) is 61.0 Å². The van der Waals surface area contributed by atoms with Crippen molar-refractivity contribution >= 4 is 38.8 Å². The lowest BCUT2D eigenvalue weighted by Gasteiger charge is -2.38. The number of rotatable bonds is 18. The van der Waals surface area contributed by atoms with E-state index in [0.717, 1.165) is 0 Å². The van der Waals surface area contributed by atoms with E-state index in [1.165, 1.54) is 0 Å². The molecule has 0 heterocycles. The van der Waals surface area contributed by atoms with Gasteiger partial charge in [0.2, 0.25) is 18.1 Å². The second-order valence-electron chi connectivity index (χ2n) is 34.8. The Morgan fingerprint density at radius 3 is 0.368 bits per heavy atom. The van der Waals surface area contributed by atoms with Crippen LogP contribution in [0.4, 0.5) is 0 Å². The summed E-state index contributed by atoms with van der Waals surface area (Å²) in [5.74, 6) is 6.10. The molecule has 0 aliphatic rings. The lowest BCUT2D eigenvalue weighted by molar-refractivity contribution is 0.111. The van der Waals surface area contributed by atoms with E-state index in [1.54, 1.807) is 0 Å². The first-order valence-corrected chi connectivity index (χ1v) is 34.4. The lowest BCUT2D eigenvalue weighted by Crippen LogP contribution is -2.59. The van der Waals surface area contributed by atoms with E-state index >= 15 is 0 Å². The topological polar surface area (TPSA) is 120 Å². The van der Waals surface area contributed by atoms with Crippen LogP contribution in [0.3, 0.4) is 0 Å². The average molecular weight is 1250 g/mol. The fourth-order valence-electron chi connectivity index (χ4n) is 9.00. The van der Waals surface area contributed by atoms with Gasteiger partial charge in [-0.1, -0.05) is 0 Å². The zero-order valence-corrected chi connectivity index (χ0v) is 63.4. The van der Waals surface area contributed by atoms with Crippen LogP contribution in [-0.2, 0) is 4.12 Å². The highest BCUT2D eigenvalue weighted by Crippen LogP contribution is 2.41. The van der Waals surface area contributed by atoms with Crippen LogP contribution in [0.15, 0.2) is 48.5 Å². The van der Waals surface area contributed by atoms with E-state index < -0.39 is 85.3 Å². The van der Waals surface area contributed by atoms with Crippen molar-refractivity contribution in [2.75, 3.05) is 0 Å². The van der Waals surface area contributed by atoms with Crippen molar-refractivity contribution in [3.63, 3.8) is 0 Å². The van der Waals surface area contributed by atoms with E-state index in [-0.39, 0.29) is 0 Å². The number of benzene rings is 4. The highest BCUT2D eigenvalue weighted by molar-refractivity contribution is 6.94. The van der Waals surface area contributed by atoms with Gasteiger partial charge in [-0.2, -0.15) is 0 Å². The van der Waals surface area contributed by atoms with Crippen LogP contribution in [0, 0.1) is 0 Å². The molecule has 0 radical (unpaired) electrons. The molecular formula is C72H118O13Si2. The van der Waals surface area contributed by atoms with Crippen LogP contribution in [-0.4, -0.2) is 85.3 Å². The lowest BCUT2D eigenvalue weighted by atomic mass is 10.1. The Balaban J connectivity index is 2.74. The zero-order valence-electron chi connectivity index (χ0n) is 61.1. The first-order valence-electron chi connectivity index (χ1n) is 31.1. The summed E-state index contributed by atoms with van der Waals surface area (Å²) in [5.41, 5.74) is -8.57. The van der Waals surface area contributed by atoms with E-state index in [9.17, 15) is 0 Å². The molecule has 0 spiro atoms. The zero-order chi connectivity index (χ0) is 67.2. The molecule has 0 atom stereocenters. The summed E-state index contributed by atoms with van der Waals surface area (Å²) >= 11 is 0. The van der Waals surface area contributed by atoms with Crippen molar-refractivity contribution in [2.45, 2.75) is 316 Å². The molecule has 4 aromatic rings. The largest absolute Gasteiger partial charge is 0.488 e. The van der Waals surface area contributed by atoms with E-state index in [0.29, 0.717) is 89.7 Å². The van der Waals surface area contributed by atoms with Gasteiger partial charge in [0.05, 0.1) is 20.7 Å². The molecule has 13 nitrogen and oxygen atoms in total. The van der Waals surface area contributed by atoms with Crippen LogP contribution < -0.4 is 77.6 Å². The van der Waals surface area contributed by atoms with Crippen LogP contribution in [0.2, 0.25) is 0 Å². The van der Waals surface area contributed by atoms with Gasteiger partial charge in [0.25, 0.3) is 0 Å². The summed E-state index contributed by atoms with van der Waals surface area (Å²) in [7, 11) is -7.47. The van der Waals surface area contributed by atoms with Crippen LogP contribution in [0.25, 0.3) is 0 Å². The third kappa shape index (κ3) is 26.1. The molecule has 0 bridgehead atoms. The first-order chi connectivity index (χ1) is 38.5. The molecule has 4 aromatic carbocycles. The SMILES string of the molecule is CC(C)(C)Oc1cc(OC(C)(C)C)c([SiH](O[SiH](c2c(OC(C)(C)C)cc(OC(C)(C)C)cc2OC(C)(C)C)c2c(OC(C)(C)C)cc(OC(C)(C)C)cc2OC(C)(C)C)c2c(OC(C)(C)C)cc(OC(C)(C)C)cc2OC(C)(C)C)c(OC(C)(C)C)c1. The third-order valence-electron chi connectivity index (χ3n) is 10.7. The minimum absolute atomic E-state index is 0.490. The fourth-order valence-corrected chi connectivity index (χ4v) is 16.1. The van der Waals surface area contributed by atoms with Crippen LogP contribution >= 0.6 is 0 Å². The molecular weight excluding hydrogens is 1130 g/mol. The summed E-state index contributed by atoms with van der Waals surface area (Å²) in [5, 5.41) is 2.64. The quantitative estimate of drug-likeness (QED) is 0.0880. The van der Waals surface area contributed by atoms with Gasteiger partial charge in [-0.3, -0.25) is 0 Å². The van der Waals surface area contributed by atoms with Crippen molar-refractivity contribution in [3.8, 4) is 69.0 Å². The number of hydrogen-bond acceptors (Lipinski definition) is 13. The molecule has 15 heteroatoms. The Morgan fingerprint density at radius 2 is 0.276 bits per heavy atom. The molecule has 87 heavy (non-hydrogen) atoms. The second-order valence-corrected chi connectivity index (χ2v) is 39.7. The molecule has 0 saturated heterocycles. The molecule has 0 aliphatic heterocycles. The highest BCUT2D eigenvalue weighted by Gasteiger charge is 2.45. The Labute approximate surface area is 531 Å². The molecule has 0 aliphatic carbocycles. The summed E-state index contributed by atoms with van der Waals surface area (Å²) in [4.78, 5) is 0. The fraction of sp³-hybridized carbons (Fsp3) is 0.667. The molecule has 0 unspecified atom stereocenters. The Hall–Kier alpha value is -5.13. The van der Waals surface area contributed by atoms with Crippen molar-refractivity contribution in [2.24, 2.45) is 0 Å². The maximum atomic E-state index is 8.87. The third-order valence-corrected chi connectivity index (χ3v) is 17.2. The highest BCUT2D eigenvalue weighted by atomic mass is 28.4. The summed E-state index contributed by atoms with van der Waals surface area (Å²) < 4.78 is 95.1. The smallest absolute Gasteiger partial charge is 0.244 e. The van der Waals surface area contributed by atoms with Gasteiger partial charge in [0, 0.05) is 48.5 Å². The van der Waals surface area contributed by atoms with Crippen LogP contribution in [0.1, 0.15) is 249 Å². The van der Waals surface area contributed by atoms with Crippen molar-refractivity contribution in [1.29, 1.82) is 0 Å². The number of hydrogen-bond donors (Lipinski definition) is 0. The Bertz CT molecular complexity index is 2420. The Morgan fingerprint density at radius 1 is 0.172 bits per heavy atom. The van der Waals surface area contributed by atoms with Gasteiger partial charge in [-0.15, -0.1) is 0 Å². The van der Waals surface area contributed by atoms with Gasteiger partial charge in [0.1, 0.15) is 136 Å². The average Bonchev–Trinajstić information content (AvgIpc) is 0.762. The summed E-state index contributed by atoms with van der Waals surface area (Å²) in [6.45, 7) is 73.2. The van der Waals surface area contributed by atoms with Crippen LogP contribution in [0.5, 0.6) is 69.0 Å². The van der Waals surface area contributed by atoms with Gasteiger partial charge >= 0.3 is 0 Å². The van der Waals surface area contributed by atoms with Gasteiger partial charge in [0.15, 0.2) is 0 Å². The van der Waals surface area contributed by atoms with Gasteiger partial charge in [-0.25, -0.2) is 0 Å². The minimum Gasteiger partial charge on any atom is -0.488 e. The predicted octanol–water partition coefficient (Wildman–Crippen LogP) is 16.2. The van der Waals surface area contributed by atoms with Crippen molar-refractivity contribution < 1.29 is 61.0 Å². The normalized spacial score (nSPS) is 13.8. The van der Waals surface area contributed by atoms with Crippen molar-refractivity contribution in [1.82, 2.24) is 0 Å². The monoisotopic (exact) mass is 1250 g/mol. The van der Waals surface area contributed by atoms with E-state index in [1.807, 2.05) is 298 Å². The van der Waals surface area contributed by atoms with Gasteiger partial charge < -0.3 is 61.0 Å². The molecule has 4 rings (SSSR count). The molecule has 492 valence electrons. The van der Waals surface area contributed by atoms with Gasteiger partial charge in [-0.05, 0) is 249 Å². The molecule has 0 fully saturated rings. The van der Waals surface area contributed by atoms with E-state index in [2.05, 4.69) is 0 Å². The maximum absolute atomic E-state index is 8.87. The standard InChI is InChI=1S/C72H118O13Si2/c1-61(2,3)73-45-37-49(77-65(13,14)15)57(50(38-45)78-66(16,17)18)86(58-51(79-67(19,20)21)39-46(74-62(4,5)6)40-52(58)80-68(22,23)24)85-87(59-53(81-69(25,26)27)41-47(75-63(7,8)9)42-54(59)82-70(28,29)30)60-55(83-71(31,32)33)43-48(76-64(10,11)12)44-56(60)84-72(34,35)36/h37-44,86-87H,1-36H3. The molecule has 0 saturated carbocycles. The first kappa shape index (κ1) is 74.3. The second kappa shape index (κ2) is 25.6. The summed E-state index contributed by atoms with van der Waals surface area (Å²) in [6, 6.07) is 15.7. The minimum atomic E-state index is -3.73.